The third-order valence-electron chi connectivity index (χ3n) is 3.23. The van der Waals surface area contributed by atoms with Gasteiger partial charge in [-0.3, -0.25) is 14.7 Å². The molecule has 2 amide bonds. The maximum absolute atomic E-state index is 12.1. The summed E-state index contributed by atoms with van der Waals surface area (Å²) in [6.07, 6.45) is -6.08. The second-order valence-corrected chi connectivity index (χ2v) is 6.16. The molecule has 134 valence electrons. The lowest BCUT2D eigenvalue weighted by atomic mass is 9.97. The summed E-state index contributed by atoms with van der Waals surface area (Å²) in [5, 5.41) is 47.9. The average Bonchev–Trinajstić information content (AvgIpc) is 2.45. The van der Waals surface area contributed by atoms with Crippen LogP contribution in [0.5, 0.6) is 0 Å². The van der Waals surface area contributed by atoms with Crippen LogP contribution in [0.25, 0.3) is 0 Å². The van der Waals surface area contributed by atoms with Crippen LogP contribution in [0.3, 0.4) is 0 Å². The van der Waals surface area contributed by atoms with Gasteiger partial charge in [-0.05, 0) is 0 Å². The number of ether oxygens (including phenoxy) is 1. The normalized spacial score (nSPS) is 33.6. The highest BCUT2D eigenvalue weighted by atomic mass is 32.2. The van der Waals surface area contributed by atoms with E-state index in [0.717, 1.165) is 6.92 Å². The van der Waals surface area contributed by atoms with E-state index in [-0.39, 0.29) is 5.75 Å². The number of amides is 2. The largest absolute Gasteiger partial charge is 0.394 e. The Morgan fingerprint density at radius 1 is 1.30 bits per heavy atom. The number of aliphatic hydroxyl groups is 4. The summed E-state index contributed by atoms with van der Waals surface area (Å²) in [6, 6.07) is -2.67. The van der Waals surface area contributed by atoms with E-state index in [0.29, 0.717) is 0 Å². The molecular weight excluding hydrogens is 334 g/mol. The monoisotopic (exact) mass is 355 g/mol. The van der Waals surface area contributed by atoms with Gasteiger partial charge < -0.3 is 35.8 Å². The van der Waals surface area contributed by atoms with Crippen LogP contribution in [0.15, 0.2) is 0 Å². The van der Waals surface area contributed by atoms with Crippen molar-refractivity contribution >= 4 is 22.8 Å². The van der Waals surface area contributed by atoms with Crippen LogP contribution < -0.4 is 15.8 Å². The first-order valence-electron chi connectivity index (χ1n) is 6.68. The van der Waals surface area contributed by atoms with Crippen molar-refractivity contribution in [2.24, 2.45) is 5.14 Å². The van der Waals surface area contributed by atoms with E-state index in [4.69, 9.17) is 15.0 Å². The van der Waals surface area contributed by atoms with E-state index in [1.54, 1.807) is 0 Å². The van der Waals surface area contributed by atoms with Gasteiger partial charge in [0, 0.05) is 6.92 Å². The molecule has 0 radical (unpaired) electrons. The highest BCUT2D eigenvalue weighted by Crippen LogP contribution is 2.19. The molecule has 1 aliphatic rings. The molecular formula is C11H21N3O8S. The molecule has 0 spiro atoms. The molecule has 1 saturated heterocycles. The lowest BCUT2D eigenvalue weighted by molar-refractivity contribution is -0.253. The zero-order chi connectivity index (χ0) is 17.7. The molecule has 23 heavy (non-hydrogen) atoms. The first kappa shape index (κ1) is 19.9. The van der Waals surface area contributed by atoms with Gasteiger partial charge in [-0.25, -0.2) is 4.21 Å². The summed E-state index contributed by atoms with van der Waals surface area (Å²) < 4.78 is 15.9. The van der Waals surface area contributed by atoms with Crippen LogP contribution in [0.2, 0.25) is 0 Å². The second-order valence-electron chi connectivity index (χ2n) is 5.06. The molecule has 7 atom stereocenters. The summed E-state index contributed by atoms with van der Waals surface area (Å²) in [7, 11) is -1.89. The number of nitrogens with two attached hydrogens (primary N) is 1. The van der Waals surface area contributed by atoms with Crippen molar-refractivity contribution < 1.29 is 39.0 Å². The van der Waals surface area contributed by atoms with Crippen LogP contribution in [0.1, 0.15) is 6.92 Å². The fourth-order valence-electron chi connectivity index (χ4n) is 2.11. The zero-order valence-electron chi connectivity index (χ0n) is 12.3. The van der Waals surface area contributed by atoms with Crippen molar-refractivity contribution in [2.75, 3.05) is 12.4 Å². The molecule has 12 heteroatoms. The van der Waals surface area contributed by atoms with E-state index in [1.807, 2.05) is 0 Å². The first-order valence-corrected chi connectivity index (χ1v) is 8.06. The van der Waals surface area contributed by atoms with Crippen molar-refractivity contribution in [2.45, 2.75) is 43.6 Å². The molecule has 1 fully saturated rings. The van der Waals surface area contributed by atoms with Gasteiger partial charge in [-0.2, -0.15) is 0 Å². The SMILES string of the molecule is CC(=O)N[C@@H](CS(N)=O)C(=O)N[C@@H]1[C@@H](O)[C@H](O)[C@@H](CO)O[C@@H]1O. The van der Waals surface area contributed by atoms with Gasteiger partial charge in [0.25, 0.3) is 0 Å². The summed E-state index contributed by atoms with van der Waals surface area (Å²) in [4.78, 5) is 23.2. The first-order chi connectivity index (χ1) is 10.7. The number of carbonyl (C=O) groups is 2. The van der Waals surface area contributed by atoms with Gasteiger partial charge in [0.1, 0.15) is 30.4 Å². The van der Waals surface area contributed by atoms with Gasteiger partial charge in [0.05, 0.1) is 23.3 Å². The lowest BCUT2D eigenvalue weighted by Crippen LogP contribution is -2.66. The fraction of sp³-hybridized carbons (Fsp3) is 0.818. The van der Waals surface area contributed by atoms with E-state index in [2.05, 4.69) is 10.6 Å². The minimum absolute atomic E-state index is 0.382. The smallest absolute Gasteiger partial charge is 0.244 e. The zero-order valence-corrected chi connectivity index (χ0v) is 13.1. The Labute approximate surface area is 134 Å². The number of aliphatic hydroxyl groups excluding tert-OH is 4. The van der Waals surface area contributed by atoms with Gasteiger partial charge in [0.2, 0.25) is 11.8 Å². The minimum atomic E-state index is -1.89. The minimum Gasteiger partial charge on any atom is -0.394 e. The van der Waals surface area contributed by atoms with Crippen molar-refractivity contribution in [1.29, 1.82) is 0 Å². The standard InChI is InChI=1S/C11H21N3O8S/c1-4(16)13-5(3-23(12)21)10(19)14-7-9(18)8(17)6(2-15)22-11(7)20/h5-9,11,15,17-18,20H,2-3,12H2,1H3,(H,13,16)(H,14,19)/t5-,6+,7+,8+,9+,11-,23?/m0/s1. The van der Waals surface area contributed by atoms with Crippen LogP contribution >= 0.6 is 0 Å². The molecule has 0 aliphatic carbocycles. The fourth-order valence-corrected chi connectivity index (χ4v) is 2.67. The van der Waals surface area contributed by atoms with Crippen molar-refractivity contribution in [3.63, 3.8) is 0 Å². The molecule has 0 aromatic carbocycles. The van der Waals surface area contributed by atoms with Gasteiger partial charge in [-0.15, -0.1) is 0 Å². The maximum atomic E-state index is 12.1. The molecule has 0 saturated carbocycles. The molecule has 0 aromatic heterocycles. The summed E-state index contributed by atoms with van der Waals surface area (Å²) in [5.41, 5.74) is 0. The number of hydrogen-bond acceptors (Lipinski definition) is 8. The molecule has 1 unspecified atom stereocenters. The molecule has 0 aromatic rings. The summed E-state index contributed by atoms with van der Waals surface area (Å²) >= 11 is 0. The number of carbonyl (C=O) groups excluding carboxylic acids is 2. The Bertz CT molecular complexity index is 449. The predicted octanol–water partition coefficient (Wildman–Crippen LogP) is -4.97. The molecule has 1 aliphatic heterocycles. The predicted molar refractivity (Wildman–Crippen MR) is 76.7 cm³/mol. The van der Waals surface area contributed by atoms with Crippen LogP contribution in [-0.4, -0.2) is 85.5 Å². The highest BCUT2D eigenvalue weighted by molar-refractivity contribution is 7.82. The molecule has 1 rings (SSSR count). The quantitative estimate of drug-likeness (QED) is 0.246. The van der Waals surface area contributed by atoms with Crippen molar-refractivity contribution in [3.05, 3.63) is 0 Å². The van der Waals surface area contributed by atoms with E-state index in [1.165, 1.54) is 0 Å². The molecule has 0 bridgehead atoms. The maximum Gasteiger partial charge on any atom is 0.244 e. The van der Waals surface area contributed by atoms with Crippen LogP contribution in [0, 0.1) is 0 Å². The van der Waals surface area contributed by atoms with Gasteiger partial charge >= 0.3 is 0 Å². The van der Waals surface area contributed by atoms with Crippen LogP contribution in [0.4, 0.5) is 0 Å². The Morgan fingerprint density at radius 2 is 1.91 bits per heavy atom. The van der Waals surface area contributed by atoms with E-state index >= 15 is 0 Å². The van der Waals surface area contributed by atoms with Gasteiger partial charge in [-0.1, -0.05) is 0 Å². The Hall–Kier alpha value is -1.15. The Kier molecular flexibility index (Phi) is 7.47. The highest BCUT2D eigenvalue weighted by Gasteiger charge is 2.44. The van der Waals surface area contributed by atoms with Crippen molar-refractivity contribution in [1.82, 2.24) is 10.6 Å². The van der Waals surface area contributed by atoms with Gasteiger partial charge in [0.15, 0.2) is 6.29 Å². The molecule has 8 N–H and O–H groups in total. The van der Waals surface area contributed by atoms with E-state index in [9.17, 15) is 29.1 Å². The average molecular weight is 355 g/mol. The third-order valence-corrected chi connectivity index (χ3v) is 3.90. The summed E-state index contributed by atoms with van der Waals surface area (Å²) in [6.45, 7) is 0.499. The summed E-state index contributed by atoms with van der Waals surface area (Å²) in [5.74, 6) is -1.83. The lowest BCUT2D eigenvalue weighted by Gasteiger charge is -2.40. The van der Waals surface area contributed by atoms with Crippen LogP contribution in [-0.2, 0) is 25.3 Å². The number of nitrogens with one attached hydrogen (secondary N) is 2. The number of hydrogen-bond donors (Lipinski definition) is 7. The topological polar surface area (TPSA) is 191 Å². The Morgan fingerprint density at radius 3 is 2.39 bits per heavy atom. The molecule has 1 heterocycles. The second kappa shape index (κ2) is 8.63. The Balaban J connectivity index is 2.80. The number of rotatable bonds is 6. The van der Waals surface area contributed by atoms with Crippen molar-refractivity contribution in [3.8, 4) is 0 Å². The van der Waals surface area contributed by atoms with E-state index < -0.39 is 66.1 Å². The third kappa shape index (κ3) is 5.46. The molecule has 11 nitrogen and oxygen atoms in total.